The summed E-state index contributed by atoms with van der Waals surface area (Å²) in [7, 11) is 1.61. The number of amides is 1. The lowest BCUT2D eigenvalue weighted by Crippen LogP contribution is -2.13. The number of methoxy groups -OCH3 is 1. The molecule has 2 aromatic rings. The molecule has 0 aliphatic carbocycles. The maximum atomic E-state index is 12.1. The maximum Gasteiger partial charge on any atom is 0.275 e. The van der Waals surface area contributed by atoms with Gasteiger partial charge in [0.2, 0.25) is 0 Å². The molecule has 0 bridgehead atoms. The van der Waals surface area contributed by atoms with Crippen LogP contribution in [0.4, 0.5) is 5.69 Å². The summed E-state index contributed by atoms with van der Waals surface area (Å²) in [6.07, 6.45) is 1.98. The van der Waals surface area contributed by atoms with Crippen LogP contribution in [0.2, 0.25) is 0 Å². The highest BCUT2D eigenvalue weighted by Crippen LogP contribution is 2.25. The predicted molar refractivity (Wildman–Crippen MR) is 79.0 cm³/mol. The summed E-state index contributed by atoms with van der Waals surface area (Å²) in [6, 6.07) is 7.69. The van der Waals surface area contributed by atoms with Gasteiger partial charge in [0.25, 0.3) is 5.91 Å². The van der Waals surface area contributed by atoms with Crippen LogP contribution in [0.1, 0.15) is 15.5 Å². The number of benzene rings is 1. The molecule has 1 amide bonds. The van der Waals surface area contributed by atoms with Crippen LogP contribution in [0, 0.1) is 0 Å². The van der Waals surface area contributed by atoms with E-state index in [9.17, 15) is 4.79 Å². The molecule has 0 radical (unpaired) electrons. The third kappa shape index (κ3) is 3.56. The second-order valence-electron chi connectivity index (χ2n) is 3.71. The Kier molecular flexibility index (Phi) is 4.95. The number of para-hydroxylation sites is 1. The molecule has 0 aliphatic heterocycles. The van der Waals surface area contributed by atoms with E-state index in [1.54, 1.807) is 24.3 Å². The molecular weight excluding hydrogens is 280 g/mol. The lowest BCUT2D eigenvalue weighted by atomic mass is 10.3. The molecule has 0 spiro atoms. The number of nitrogens with zero attached hydrogens (tertiary/aromatic N) is 1. The third-order valence-electron chi connectivity index (χ3n) is 2.41. The molecule has 0 aliphatic rings. The lowest BCUT2D eigenvalue weighted by molar-refractivity contribution is 0.102. The molecule has 0 unspecified atom stereocenters. The topological polar surface area (TPSA) is 51.2 Å². The summed E-state index contributed by atoms with van der Waals surface area (Å²) in [6.45, 7) is 0.430. The van der Waals surface area contributed by atoms with Crippen molar-refractivity contribution in [3.8, 4) is 0 Å². The van der Waals surface area contributed by atoms with Gasteiger partial charge in [-0.25, -0.2) is 4.98 Å². The lowest BCUT2D eigenvalue weighted by Gasteiger charge is -2.07. The number of carbonyl (C=O) groups excluding carboxylic acids is 1. The largest absolute Gasteiger partial charge is 0.378 e. The number of hydrogen-bond acceptors (Lipinski definition) is 5. The quantitative estimate of drug-likeness (QED) is 0.860. The fourth-order valence-corrected chi connectivity index (χ4v) is 2.84. The summed E-state index contributed by atoms with van der Waals surface area (Å²) in [5.74, 6) is -0.194. The number of carbonyl (C=O) groups is 1. The highest BCUT2D eigenvalue weighted by molar-refractivity contribution is 7.98. The number of rotatable bonds is 5. The number of anilines is 1. The Hall–Kier alpha value is -1.37. The highest BCUT2D eigenvalue weighted by Gasteiger charge is 2.12. The first-order chi connectivity index (χ1) is 9.24. The van der Waals surface area contributed by atoms with Gasteiger partial charge in [-0.3, -0.25) is 4.79 Å². The van der Waals surface area contributed by atoms with Crippen LogP contribution in [-0.4, -0.2) is 24.3 Å². The van der Waals surface area contributed by atoms with Crippen LogP contribution in [0.25, 0.3) is 0 Å². The molecule has 1 N–H and O–H groups in total. The summed E-state index contributed by atoms with van der Waals surface area (Å²) < 4.78 is 4.99. The van der Waals surface area contributed by atoms with Crippen molar-refractivity contribution in [2.45, 2.75) is 11.5 Å². The van der Waals surface area contributed by atoms with Crippen LogP contribution in [0.15, 0.2) is 34.5 Å². The van der Waals surface area contributed by atoms with Crippen LogP contribution in [-0.2, 0) is 11.3 Å². The Bertz CT molecular complexity index is 569. The van der Waals surface area contributed by atoms with Gasteiger partial charge in [0.1, 0.15) is 10.7 Å². The van der Waals surface area contributed by atoms with Crippen molar-refractivity contribution in [3.05, 3.63) is 40.3 Å². The van der Waals surface area contributed by atoms with Gasteiger partial charge in [0.15, 0.2) is 0 Å². The molecule has 6 heteroatoms. The highest BCUT2D eigenvalue weighted by atomic mass is 32.2. The first-order valence-corrected chi connectivity index (χ1v) is 7.72. The van der Waals surface area contributed by atoms with Crippen LogP contribution < -0.4 is 5.32 Å². The van der Waals surface area contributed by atoms with Gasteiger partial charge in [-0.2, -0.15) is 0 Å². The van der Waals surface area contributed by atoms with Crippen molar-refractivity contribution in [1.82, 2.24) is 4.98 Å². The Morgan fingerprint density at radius 3 is 3.00 bits per heavy atom. The first-order valence-electron chi connectivity index (χ1n) is 5.62. The Labute approximate surface area is 120 Å². The first kappa shape index (κ1) is 14.0. The van der Waals surface area contributed by atoms with Gasteiger partial charge in [-0.05, 0) is 18.4 Å². The zero-order valence-electron chi connectivity index (χ0n) is 10.7. The maximum absolute atomic E-state index is 12.1. The van der Waals surface area contributed by atoms with Gasteiger partial charge in [-0.1, -0.05) is 12.1 Å². The molecule has 0 atom stereocenters. The van der Waals surface area contributed by atoms with Gasteiger partial charge in [-0.15, -0.1) is 23.1 Å². The van der Waals surface area contributed by atoms with E-state index in [2.05, 4.69) is 10.3 Å². The number of thioether (sulfide) groups is 1. The molecular formula is C13H14N2O2S2. The van der Waals surface area contributed by atoms with Gasteiger partial charge >= 0.3 is 0 Å². The molecule has 0 saturated heterocycles. The Morgan fingerprint density at radius 2 is 2.26 bits per heavy atom. The van der Waals surface area contributed by atoms with Crippen LogP contribution >= 0.6 is 23.1 Å². The number of ether oxygens (including phenoxy) is 1. The van der Waals surface area contributed by atoms with Crippen molar-refractivity contribution >= 4 is 34.7 Å². The van der Waals surface area contributed by atoms with E-state index in [-0.39, 0.29) is 5.91 Å². The monoisotopic (exact) mass is 294 g/mol. The predicted octanol–water partition coefficient (Wildman–Crippen LogP) is 3.26. The van der Waals surface area contributed by atoms with Crippen molar-refractivity contribution < 1.29 is 9.53 Å². The average molecular weight is 294 g/mol. The minimum absolute atomic E-state index is 0.194. The van der Waals surface area contributed by atoms with Crippen molar-refractivity contribution in [1.29, 1.82) is 0 Å². The van der Waals surface area contributed by atoms with E-state index in [0.29, 0.717) is 12.3 Å². The fraction of sp³-hybridized carbons (Fsp3) is 0.231. The smallest absolute Gasteiger partial charge is 0.275 e. The molecule has 1 heterocycles. The molecule has 19 heavy (non-hydrogen) atoms. The van der Waals surface area contributed by atoms with Gasteiger partial charge < -0.3 is 10.1 Å². The summed E-state index contributed by atoms with van der Waals surface area (Å²) in [5.41, 5.74) is 1.23. The zero-order chi connectivity index (χ0) is 13.7. The zero-order valence-corrected chi connectivity index (χ0v) is 12.3. The number of aromatic nitrogens is 1. The van der Waals surface area contributed by atoms with Gasteiger partial charge in [0.05, 0.1) is 12.3 Å². The molecule has 1 aromatic carbocycles. The molecule has 0 saturated carbocycles. The van der Waals surface area contributed by atoms with Crippen LogP contribution in [0.5, 0.6) is 0 Å². The fourth-order valence-electron chi connectivity index (χ4n) is 1.54. The molecule has 1 aromatic heterocycles. The van der Waals surface area contributed by atoms with Crippen LogP contribution in [0.3, 0.4) is 0 Å². The normalized spacial score (nSPS) is 10.4. The second-order valence-corrected chi connectivity index (χ2v) is 5.50. The summed E-state index contributed by atoms with van der Waals surface area (Å²) in [4.78, 5) is 17.3. The number of nitrogens with one attached hydrogen (secondary N) is 1. The standard InChI is InChI=1S/C13H14N2O2S2/c1-17-7-12-14-10(8-19-12)13(16)15-9-5-3-4-6-11(9)18-2/h3-6,8H,7H2,1-2H3,(H,15,16). The Morgan fingerprint density at radius 1 is 1.47 bits per heavy atom. The minimum Gasteiger partial charge on any atom is -0.378 e. The van der Waals surface area contributed by atoms with Crippen molar-refractivity contribution in [2.24, 2.45) is 0 Å². The molecule has 0 fully saturated rings. The van der Waals surface area contributed by atoms with Crippen molar-refractivity contribution in [3.63, 3.8) is 0 Å². The second kappa shape index (κ2) is 6.70. The summed E-state index contributed by atoms with van der Waals surface area (Å²) >= 11 is 3.01. The van der Waals surface area contributed by atoms with E-state index >= 15 is 0 Å². The molecule has 4 nitrogen and oxygen atoms in total. The van der Waals surface area contributed by atoms with E-state index < -0.39 is 0 Å². The van der Waals surface area contributed by atoms with E-state index in [0.717, 1.165) is 15.6 Å². The van der Waals surface area contributed by atoms with E-state index in [4.69, 9.17) is 4.74 Å². The minimum atomic E-state index is -0.194. The van der Waals surface area contributed by atoms with Gasteiger partial charge in [0, 0.05) is 17.4 Å². The van der Waals surface area contributed by atoms with Crippen molar-refractivity contribution in [2.75, 3.05) is 18.7 Å². The SMILES string of the molecule is COCc1nc(C(=O)Nc2ccccc2SC)cs1. The average Bonchev–Trinajstić information content (AvgIpc) is 2.88. The molecule has 100 valence electrons. The number of thiazole rings is 1. The summed E-state index contributed by atoms with van der Waals surface area (Å²) in [5, 5.41) is 5.42. The number of hydrogen-bond donors (Lipinski definition) is 1. The van der Waals surface area contributed by atoms with E-state index in [1.165, 1.54) is 11.3 Å². The van der Waals surface area contributed by atoms with E-state index in [1.807, 2.05) is 30.5 Å². The molecule has 2 rings (SSSR count). The third-order valence-corrected chi connectivity index (χ3v) is 4.03. The Balaban J connectivity index is 2.11.